The summed E-state index contributed by atoms with van der Waals surface area (Å²) >= 11 is 1.56. The molecule has 0 aromatic heterocycles. The van der Waals surface area contributed by atoms with Gasteiger partial charge in [0.15, 0.2) is 0 Å². The number of hydrogen-bond donors (Lipinski definition) is 2. The Bertz CT molecular complexity index is 548. The van der Waals surface area contributed by atoms with Crippen LogP contribution >= 0.6 is 11.8 Å². The first kappa shape index (κ1) is 14.8. The van der Waals surface area contributed by atoms with Crippen molar-refractivity contribution in [3.8, 4) is 5.75 Å². The summed E-state index contributed by atoms with van der Waals surface area (Å²) in [5.74, 6) is 6.90. The maximum Gasteiger partial charge on any atom is 0.124 e. The van der Waals surface area contributed by atoms with Gasteiger partial charge in [-0.05, 0) is 35.9 Å². The Labute approximate surface area is 122 Å². The molecule has 0 saturated carbocycles. The SMILES string of the molecule is COc1ccc(C(CSc2cccc(F)c2)NN)cc1. The lowest BCUT2D eigenvalue weighted by Crippen LogP contribution is -2.29. The Balaban J connectivity index is 2.01. The van der Waals surface area contributed by atoms with E-state index in [0.29, 0.717) is 5.75 Å². The highest BCUT2D eigenvalue weighted by atomic mass is 32.2. The number of benzene rings is 2. The van der Waals surface area contributed by atoms with Crippen LogP contribution in [0.5, 0.6) is 5.75 Å². The molecule has 1 unspecified atom stereocenters. The zero-order valence-electron chi connectivity index (χ0n) is 11.2. The summed E-state index contributed by atoms with van der Waals surface area (Å²) in [6.07, 6.45) is 0. The summed E-state index contributed by atoms with van der Waals surface area (Å²) in [6.45, 7) is 0. The van der Waals surface area contributed by atoms with Crippen LogP contribution in [0.1, 0.15) is 11.6 Å². The Kier molecular flexibility index (Phi) is 5.40. The molecule has 0 bridgehead atoms. The average Bonchev–Trinajstić information content (AvgIpc) is 2.48. The number of ether oxygens (including phenoxy) is 1. The van der Waals surface area contributed by atoms with E-state index < -0.39 is 0 Å². The second-order valence-corrected chi connectivity index (χ2v) is 5.35. The fourth-order valence-electron chi connectivity index (χ4n) is 1.81. The fourth-order valence-corrected chi connectivity index (χ4v) is 2.83. The minimum atomic E-state index is -0.225. The lowest BCUT2D eigenvalue weighted by molar-refractivity contribution is 0.414. The van der Waals surface area contributed by atoms with Crippen molar-refractivity contribution in [2.24, 2.45) is 5.84 Å². The molecule has 20 heavy (non-hydrogen) atoms. The van der Waals surface area contributed by atoms with Crippen molar-refractivity contribution in [3.05, 3.63) is 59.9 Å². The molecule has 2 aromatic carbocycles. The summed E-state index contributed by atoms with van der Waals surface area (Å²) in [5.41, 5.74) is 3.85. The molecule has 0 amide bonds. The largest absolute Gasteiger partial charge is 0.497 e. The number of hydrogen-bond acceptors (Lipinski definition) is 4. The van der Waals surface area contributed by atoms with Gasteiger partial charge in [0.2, 0.25) is 0 Å². The van der Waals surface area contributed by atoms with E-state index in [1.54, 1.807) is 24.9 Å². The summed E-state index contributed by atoms with van der Waals surface area (Å²) in [5, 5.41) is 0. The highest BCUT2D eigenvalue weighted by Crippen LogP contribution is 2.25. The predicted molar refractivity (Wildman–Crippen MR) is 80.2 cm³/mol. The molecule has 3 N–H and O–H groups in total. The average molecular weight is 292 g/mol. The number of nitrogens with one attached hydrogen (secondary N) is 1. The molecular formula is C15H17FN2OS. The van der Waals surface area contributed by atoms with Crippen molar-refractivity contribution in [2.45, 2.75) is 10.9 Å². The molecule has 0 heterocycles. The molecular weight excluding hydrogens is 275 g/mol. The predicted octanol–water partition coefficient (Wildman–Crippen LogP) is 3.13. The zero-order valence-corrected chi connectivity index (χ0v) is 12.0. The number of rotatable bonds is 6. The second-order valence-electron chi connectivity index (χ2n) is 4.26. The monoisotopic (exact) mass is 292 g/mol. The lowest BCUT2D eigenvalue weighted by atomic mass is 10.1. The van der Waals surface area contributed by atoms with Crippen molar-refractivity contribution in [1.82, 2.24) is 5.43 Å². The number of thioether (sulfide) groups is 1. The van der Waals surface area contributed by atoms with E-state index >= 15 is 0 Å². The third-order valence-corrected chi connectivity index (χ3v) is 4.02. The summed E-state index contributed by atoms with van der Waals surface area (Å²) < 4.78 is 18.2. The third-order valence-electron chi connectivity index (χ3n) is 2.93. The van der Waals surface area contributed by atoms with Crippen molar-refractivity contribution < 1.29 is 9.13 Å². The van der Waals surface area contributed by atoms with Crippen molar-refractivity contribution in [2.75, 3.05) is 12.9 Å². The smallest absolute Gasteiger partial charge is 0.124 e. The van der Waals surface area contributed by atoms with Gasteiger partial charge in [0, 0.05) is 10.6 Å². The van der Waals surface area contributed by atoms with Crippen LogP contribution in [0.3, 0.4) is 0 Å². The van der Waals surface area contributed by atoms with Gasteiger partial charge in [-0.1, -0.05) is 18.2 Å². The fraction of sp³-hybridized carbons (Fsp3) is 0.200. The molecule has 0 spiro atoms. The van der Waals surface area contributed by atoms with E-state index in [0.717, 1.165) is 16.2 Å². The van der Waals surface area contributed by atoms with Crippen molar-refractivity contribution in [1.29, 1.82) is 0 Å². The Morgan fingerprint density at radius 2 is 2.00 bits per heavy atom. The van der Waals surface area contributed by atoms with Crippen LogP contribution in [-0.2, 0) is 0 Å². The molecule has 5 heteroatoms. The van der Waals surface area contributed by atoms with E-state index in [2.05, 4.69) is 5.43 Å². The van der Waals surface area contributed by atoms with Gasteiger partial charge >= 0.3 is 0 Å². The molecule has 0 saturated heterocycles. The molecule has 2 rings (SSSR count). The maximum atomic E-state index is 13.1. The molecule has 106 valence electrons. The van der Waals surface area contributed by atoms with Crippen molar-refractivity contribution >= 4 is 11.8 Å². The molecule has 0 aliphatic carbocycles. The van der Waals surface area contributed by atoms with Gasteiger partial charge in [0.05, 0.1) is 13.2 Å². The summed E-state index contributed by atoms with van der Waals surface area (Å²) in [4.78, 5) is 0.888. The van der Waals surface area contributed by atoms with Gasteiger partial charge in [-0.15, -0.1) is 11.8 Å². The van der Waals surface area contributed by atoms with Crippen LogP contribution < -0.4 is 16.0 Å². The van der Waals surface area contributed by atoms with Crippen LogP contribution in [0.4, 0.5) is 4.39 Å². The van der Waals surface area contributed by atoms with Gasteiger partial charge in [-0.3, -0.25) is 11.3 Å². The molecule has 3 nitrogen and oxygen atoms in total. The minimum absolute atomic E-state index is 0.00539. The number of hydrazine groups is 1. The van der Waals surface area contributed by atoms with Crippen LogP contribution in [-0.4, -0.2) is 12.9 Å². The highest BCUT2D eigenvalue weighted by Gasteiger charge is 2.10. The van der Waals surface area contributed by atoms with Crippen LogP contribution in [0.15, 0.2) is 53.4 Å². The van der Waals surface area contributed by atoms with Crippen LogP contribution in [0.2, 0.25) is 0 Å². The first-order valence-electron chi connectivity index (χ1n) is 6.21. The number of methoxy groups -OCH3 is 1. The van der Waals surface area contributed by atoms with E-state index in [9.17, 15) is 4.39 Å². The second kappa shape index (κ2) is 7.28. The topological polar surface area (TPSA) is 47.3 Å². The standard InChI is InChI=1S/C15H17FN2OS/c1-19-13-7-5-11(6-8-13)15(18-17)10-20-14-4-2-3-12(16)9-14/h2-9,15,18H,10,17H2,1H3. The maximum absolute atomic E-state index is 13.1. The van der Waals surface area contributed by atoms with Crippen LogP contribution in [0, 0.1) is 5.82 Å². The normalized spacial score (nSPS) is 12.2. The Hall–Kier alpha value is -1.56. The molecule has 0 fully saturated rings. The van der Waals surface area contributed by atoms with E-state index in [1.807, 2.05) is 30.3 Å². The van der Waals surface area contributed by atoms with Gasteiger partial charge in [-0.25, -0.2) is 4.39 Å². The third kappa shape index (κ3) is 3.96. The van der Waals surface area contributed by atoms with E-state index in [4.69, 9.17) is 10.6 Å². The first-order chi connectivity index (χ1) is 9.72. The van der Waals surface area contributed by atoms with Gasteiger partial charge in [-0.2, -0.15) is 0 Å². The summed E-state index contributed by atoms with van der Waals surface area (Å²) in [7, 11) is 1.63. The molecule has 0 radical (unpaired) electrons. The quantitative estimate of drug-likeness (QED) is 0.488. The minimum Gasteiger partial charge on any atom is -0.497 e. The van der Waals surface area contributed by atoms with Crippen LogP contribution in [0.25, 0.3) is 0 Å². The Morgan fingerprint density at radius 3 is 2.60 bits per heavy atom. The molecule has 0 aliphatic rings. The first-order valence-corrected chi connectivity index (χ1v) is 7.20. The van der Waals surface area contributed by atoms with Gasteiger partial charge in [0.1, 0.15) is 11.6 Å². The van der Waals surface area contributed by atoms with E-state index in [-0.39, 0.29) is 11.9 Å². The highest BCUT2D eigenvalue weighted by molar-refractivity contribution is 7.99. The van der Waals surface area contributed by atoms with Crippen molar-refractivity contribution in [3.63, 3.8) is 0 Å². The van der Waals surface area contributed by atoms with Gasteiger partial charge < -0.3 is 4.74 Å². The molecule has 1 atom stereocenters. The van der Waals surface area contributed by atoms with E-state index in [1.165, 1.54) is 12.1 Å². The summed E-state index contributed by atoms with van der Waals surface area (Å²) in [6, 6.07) is 14.3. The Morgan fingerprint density at radius 1 is 1.25 bits per heavy atom. The number of halogens is 1. The lowest BCUT2D eigenvalue weighted by Gasteiger charge is -2.16. The molecule has 0 aliphatic heterocycles. The van der Waals surface area contributed by atoms with Gasteiger partial charge in [0.25, 0.3) is 0 Å². The number of nitrogens with two attached hydrogens (primary N) is 1. The zero-order chi connectivity index (χ0) is 14.4. The molecule has 2 aromatic rings.